The van der Waals surface area contributed by atoms with E-state index in [9.17, 15) is 9.90 Å². The Hall–Kier alpha value is -2.39. The van der Waals surface area contributed by atoms with Crippen LogP contribution in [-0.2, 0) is 11.3 Å². The number of nitrogens with zero attached hydrogens (tertiary/aromatic N) is 1. The molecule has 1 N–H and O–H groups in total. The van der Waals surface area contributed by atoms with Gasteiger partial charge in [0.1, 0.15) is 0 Å². The second-order valence-corrected chi connectivity index (χ2v) is 6.07. The first-order valence-corrected chi connectivity index (χ1v) is 7.92. The molecule has 0 saturated carbocycles. The Kier molecular flexibility index (Phi) is 4.58. The molecule has 0 fully saturated rings. The highest BCUT2D eigenvalue weighted by molar-refractivity contribution is 5.97. The van der Waals surface area contributed by atoms with Crippen LogP contribution < -0.4 is 0 Å². The lowest BCUT2D eigenvalue weighted by Crippen LogP contribution is -2.32. The lowest BCUT2D eigenvalue weighted by atomic mass is 9.93. The minimum Gasteiger partial charge on any atom is -0.478 e. The molecule has 3 rings (SSSR count). The number of benzene rings is 2. The van der Waals surface area contributed by atoms with Gasteiger partial charge in [0.25, 0.3) is 0 Å². The van der Waals surface area contributed by atoms with Gasteiger partial charge in [-0.05, 0) is 30.0 Å². The molecule has 0 bridgehead atoms. The van der Waals surface area contributed by atoms with Gasteiger partial charge < -0.3 is 5.11 Å². The number of aliphatic carboxylic acids is 1. The summed E-state index contributed by atoms with van der Waals surface area (Å²) in [7, 11) is 0. The van der Waals surface area contributed by atoms with Crippen molar-refractivity contribution >= 4 is 11.5 Å². The van der Waals surface area contributed by atoms with Crippen molar-refractivity contribution in [2.45, 2.75) is 19.9 Å². The molecule has 0 unspecified atom stereocenters. The summed E-state index contributed by atoms with van der Waals surface area (Å²) in [5.41, 5.74) is 4.96. The van der Waals surface area contributed by atoms with Crippen molar-refractivity contribution in [2.75, 3.05) is 13.1 Å². The molecule has 3 heteroatoms. The largest absolute Gasteiger partial charge is 0.478 e. The highest BCUT2D eigenvalue weighted by atomic mass is 16.4. The fraction of sp³-hybridized carbons (Fsp3) is 0.250. The van der Waals surface area contributed by atoms with Gasteiger partial charge in [0.2, 0.25) is 0 Å². The average Bonchev–Trinajstić information content (AvgIpc) is 2.56. The number of aryl methyl sites for hydroxylation is 1. The minimum atomic E-state index is -0.792. The predicted octanol–water partition coefficient (Wildman–Crippen LogP) is 3.74. The van der Waals surface area contributed by atoms with Crippen LogP contribution in [0.3, 0.4) is 0 Å². The number of carboxylic acid groups (broad SMARTS) is 1. The summed E-state index contributed by atoms with van der Waals surface area (Å²) in [4.78, 5) is 13.9. The Labute approximate surface area is 136 Å². The molecule has 1 aliphatic rings. The summed E-state index contributed by atoms with van der Waals surface area (Å²) < 4.78 is 0. The van der Waals surface area contributed by atoms with Gasteiger partial charge in [-0.15, -0.1) is 0 Å². The zero-order valence-electron chi connectivity index (χ0n) is 13.3. The van der Waals surface area contributed by atoms with Gasteiger partial charge in [-0.3, -0.25) is 4.90 Å². The first kappa shape index (κ1) is 15.5. The van der Waals surface area contributed by atoms with E-state index >= 15 is 0 Å². The van der Waals surface area contributed by atoms with Gasteiger partial charge in [0, 0.05) is 25.2 Å². The maximum atomic E-state index is 11.6. The summed E-state index contributed by atoms with van der Waals surface area (Å²) in [6.45, 7) is 4.35. The fourth-order valence-electron chi connectivity index (χ4n) is 3.05. The van der Waals surface area contributed by atoms with Crippen LogP contribution in [0, 0.1) is 6.92 Å². The van der Waals surface area contributed by atoms with Crippen LogP contribution >= 0.6 is 0 Å². The molecule has 0 radical (unpaired) electrons. The van der Waals surface area contributed by atoms with Crippen molar-refractivity contribution in [3.8, 4) is 0 Å². The van der Waals surface area contributed by atoms with E-state index in [4.69, 9.17) is 0 Å². The lowest BCUT2D eigenvalue weighted by molar-refractivity contribution is -0.132. The molecule has 0 saturated heterocycles. The van der Waals surface area contributed by atoms with Crippen molar-refractivity contribution in [1.82, 2.24) is 4.90 Å². The number of carbonyl (C=O) groups is 1. The number of rotatable bonds is 4. The molecule has 0 atom stereocenters. The van der Waals surface area contributed by atoms with Gasteiger partial charge in [-0.1, -0.05) is 60.2 Å². The Morgan fingerprint density at radius 1 is 1.09 bits per heavy atom. The summed E-state index contributed by atoms with van der Waals surface area (Å²) in [6.07, 6.45) is 0.589. The smallest absolute Gasteiger partial charge is 0.331 e. The van der Waals surface area contributed by atoms with E-state index in [1.54, 1.807) is 0 Å². The molecule has 0 aliphatic carbocycles. The Morgan fingerprint density at radius 2 is 1.78 bits per heavy atom. The molecule has 23 heavy (non-hydrogen) atoms. The van der Waals surface area contributed by atoms with Gasteiger partial charge >= 0.3 is 5.97 Å². The Morgan fingerprint density at radius 3 is 2.43 bits per heavy atom. The van der Waals surface area contributed by atoms with E-state index in [0.717, 1.165) is 24.2 Å². The highest BCUT2D eigenvalue weighted by Gasteiger charge is 2.24. The van der Waals surface area contributed by atoms with Crippen molar-refractivity contribution in [3.63, 3.8) is 0 Å². The molecule has 2 aromatic carbocycles. The van der Waals surface area contributed by atoms with Crippen LogP contribution in [0.5, 0.6) is 0 Å². The third-order valence-electron chi connectivity index (χ3n) is 4.33. The topological polar surface area (TPSA) is 40.5 Å². The van der Waals surface area contributed by atoms with Gasteiger partial charge in [0.05, 0.1) is 0 Å². The molecule has 0 spiro atoms. The predicted molar refractivity (Wildman–Crippen MR) is 92.1 cm³/mol. The van der Waals surface area contributed by atoms with Crippen molar-refractivity contribution in [3.05, 3.63) is 76.9 Å². The number of hydrogen-bond donors (Lipinski definition) is 1. The third kappa shape index (κ3) is 3.69. The fourth-order valence-corrected chi connectivity index (χ4v) is 3.05. The molecule has 118 valence electrons. The molecule has 3 nitrogen and oxygen atoms in total. The Balaban J connectivity index is 1.86. The van der Waals surface area contributed by atoms with Crippen LogP contribution in [0.4, 0.5) is 0 Å². The lowest BCUT2D eigenvalue weighted by Gasteiger charge is -2.30. The second kappa shape index (κ2) is 6.80. The quantitative estimate of drug-likeness (QED) is 0.935. The standard InChI is InChI=1S/C20H21NO2/c1-15-7-9-17(10-8-15)19-14-21(12-11-18(19)20(22)23)13-16-5-3-2-4-6-16/h2-10H,11-14H2,1H3,(H,22,23). The summed E-state index contributed by atoms with van der Waals surface area (Å²) in [6, 6.07) is 18.5. The normalized spacial score (nSPS) is 15.7. The maximum absolute atomic E-state index is 11.6. The van der Waals surface area contributed by atoms with Crippen molar-refractivity contribution < 1.29 is 9.90 Å². The summed E-state index contributed by atoms with van der Waals surface area (Å²) >= 11 is 0. The van der Waals surface area contributed by atoms with Crippen LogP contribution in [0.1, 0.15) is 23.1 Å². The SMILES string of the molecule is Cc1ccc(C2=C(C(=O)O)CCN(Cc3ccccc3)C2)cc1. The van der Waals surface area contributed by atoms with E-state index in [2.05, 4.69) is 17.0 Å². The zero-order valence-corrected chi connectivity index (χ0v) is 13.3. The molecule has 1 aliphatic heterocycles. The Bertz CT molecular complexity index is 717. The monoisotopic (exact) mass is 307 g/mol. The number of hydrogen-bond acceptors (Lipinski definition) is 2. The number of carboxylic acids is 1. The maximum Gasteiger partial charge on any atom is 0.331 e. The van der Waals surface area contributed by atoms with Crippen molar-refractivity contribution in [1.29, 1.82) is 0 Å². The average molecular weight is 307 g/mol. The summed E-state index contributed by atoms with van der Waals surface area (Å²) in [5, 5.41) is 9.52. The molecule has 0 aromatic heterocycles. The third-order valence-corrected chi connectivity index (χ3v) is 4.33. The zero-order chi connectivity index (χ0) is 16.2. The van der Waals surface area contributed by atoms with Crippen LogP contribution in [0.2, 0.25) is 0 Å². The van der Waals surface area contributed by atoms with Gasteiger partial charge in [0.15, 0.2) is 0 Å². The first-order chi connectivity index (χ1) is 11.1. The van der Waals surface area contributed by atoms with E-state index in [1.165, 1.54) is 11.1 Å². The van der Waals surface area contributed by atoms with E-state index in [1.807, 2.05) is 49.4 Å². The van der Waals surface area contributed by atoms with Crippen LogP contribution in [0.25, 0.3) is 5.57 Å². The van der Waals surface area contributed by atoms with Gasteiger partial charge in [-0.25, -0.2) is 4.79 Å². The minimum absolute atomic E-state index is 0.554. The molecule has 2 aromatic rings. The van der Waals surface area contributed by atoms with Gasteiger partial charge in [-0.2, -0.15) is 0 Å². The van der Waals surface area contributed by atoms with Crippen LogP contribution in [0.15, 0.2) is 60.2 Å². The first-order valence-electron chi connectivity index (χ1n) is 7.92. The highest BCUT2D eigenvalue weighted by Crippen LogP contribution is 2.28. The molecule has 1 heterocycles. The van der Waals surface area contributed by atoms with E-state index in [0.29, 0.717) is 18.5 Å². The molecular formula is C20H21NO2. The van der Waals surface area contributed by atoms with E-state index in [-0.39, 0.29) is 0 Å². The molecular weight excluding hydrogens is 286 g/mol. The summed E-state index contributed by atoms with van der Waals surface area (Å²) in [5.74, 6) is -0.792. The van der Waals surface area contributed by atoms with Crippen LogP contribution in [-0.4, -0.2) is 29.1 Å². The van der Waals surface area contributed by atoms with Crippen molar-refractivity contribution in [2.24, 2.45) is 0 Å². The molecule has 0 amide bonds. The van der Waals surface area contributed by atoms with E-state index < -0.39 is 5.97 Å². The second-order valence-electron chi connectivity index (χ2n) is 6.07.